The van der Waals surface area contributed by atoms with Crippen LogP contribution in [0.1, 0.15) is 31.2 Å². The van der Waals surface area contributed by atoms with E-state index in [4.69, 9.17) is 0 Å². The molecular weight excluding hydrogens is 519 g/mol. The van der Waals surface area contributed by atoms with Crippen molar-refractivity contribution in [2.24, 2.45) is 0 Å². The highest BCUT2D eigenvalue weighted by Gasteiger charge is 2.28. The van der Waals surface area contributed by atoms with Gasteiger partial charge in [0.1, 0.15) is 17.5 Å². The number of rotatable bonds is 4. The first-order valence-corrected chi connectivity index (χ1v) is 12.2. The van der Waals surface area contributed by atoms with Crippen LogP contribution in [0.2, 0.25) is 0 Å². The molecule has 11 heteroatoms. The average Bonchev–Trinajstić information content (AvgIpc) is 3.24. The van der Waals surface area contributed by atoms with Crippen molar-refractivity contribution in [3.05, 3.63) is 110 Å². The van der Waals surface area contributed by atoms with Gasteiger partial charge in [-0.2, -0.15) is 0 Å². The Labute approximate surface area is 218 Å². The Morgan fingerprint density at radius 2 is 1.74 bits per heavy atom. The standard InChI is InChI=1S/C27H18F3N3O4S/c1-14-10-18(29)12-21(30)24(14)31-26(34)23-11-16-8-9-32(22-13-17(28)4-7-20(22)25(16)38-23)27(35)15-2-5-19(6-3-15)33(36)37/h2-7,10-13H,8-9H2,1H3,(H,31,34). The van der Waals surface area contributed by atoms with Crippen molar-refractivity contribution in [1.29, 1.82) is 0 Å². The van der Waals surface area contributed by atoms with Gasteiger partial charge in [-0.15, -0.1) is 11.3 Å². The van der Waals surface area contributed by atoms with Gasteiger partial charge in [-0.25, -0.2) is 13.2 Å². The van der Waals surface area contributed by atoms with Crippen molar-refractivity contribution in [3.8, 4) is 10.4 Å². The summed E-state index contributed by atoms with van der Waals surface area (Å²) in [6.45, 7) is 1.63. The molecular formula is C27H18F3N3O4S. The number of nitrogens with zero attached hydrogens (tertiary/aromatic N) is 2. The molecule has 192 valence electrons. The summed E-state index contributed by atoms with van der Waals surface area (Å²) in [4.78, 5) is 39.0. The second-order valence-electron chi connectivity index (χ2n) is 8.67. The molecule has 0 unspecified atom stereocenters. The van der Waals surface area contributed by atoms with E-state index in [1.54, 1.807) is 6.07 Å². The van der Waals surface area contributed by atoms with Crippen molar-refractivity contribution in [2.75, 3.05) is 16.8 Å². The Morgan fingerprint density at radius 3 is 2.42 bits per heavy atom. The van der Waals surface area contributed by atoms with E-state index < -0.39 is 34.2 Å². The van der Waals surface area contributed by atoms with Crippen molar-refractivity contribution >= 4 is 40.2 Å². The van der Waals surface area contributed by atoms with Gasteiger partial charge in [0.05, 0.1) is 21.2 Å². The molecule has 5 rings (SSSR count). The Bertz CT molecular complexity index is 1600. The molecule has 1 N–H and O–H groups in total. The highest BCUT2D eigenvalue weighted by Crippen LogP contribution is 2.42. The molecule has 38 heavy (non-hydrogen) atoms. The quantitative estimate of drug-likeness (QED) is 0.237. The van der Waals surface area contributed by atoms with Crippen LogP contribution in [0.5, 0.6) is 0 Å². The number of carbonyl (C=O) groups excluding carboxylic acids is 2. The molecule has 1 aliphatic heterocycles. The van der Waals surface area contributed by atoms with Crippen LogP contribution >= 0.6 is 11.3 Å². The fourth-order valence-electron chi connectivity index (χ4n) is 4.36. The van der Waals surface area contributed by atoms with Gasteiger partial charge in [0.15, 0.2) is 0 Å². The number of carbonyl (C=O) groups is 2. The number of halogens is 3. The van der Waals surface area contributed by atoms with Gasteiger partial charge in [-0.3, -0.25) is 19.7 Å². The van der Waals surface area contributed by atoms with E-state index in [1.807, 2.05) is 0 Å². The molecule has 4 aromatic rings. The number of non-ortho nitro benzene ring substituents is 1. The van der Waals surface area contributed by atoms with E-state index in [-0.39, 0.29) is 33.9 Å². The molecule has 1 aliphatic rings. The van der Waals surface area contributed by atoms with Gasteiger partial charge in [-0.05, 0) is 66.9 Å². The summed E-state index contributed by atoms with van der Waals surface area (Å²) >= 11 is 1.11. The molecule has 0 radical (unpaired) electrons. The molecule has 0 saturated carbocycles. The maximum Gasteiger partial charge on any atom is 0.269 e. The predicted octanol–water partition coefficient (Wildman–Crippen LogP) is 6.50. The summed E-state index contributed by atoms with van der Waals surface area (Å²) in [5.41, 5.74) is 1.71. The third kappa shape index (κ3) is 4.63. The second-order valence-corrected chi connectivity index (χ2v) is 9.72. The highest BCUT2D eigenvalue weighted by atomic mass is 32.1. The van der Waals surface area contributed by atoms with Gasteiger partial charge in [0.25, 0.3) is 17.5 Å². The van der Waals surface area contributed by atoms with Crippen LogP contribution in [-0.2, 0) is 6.42 Å². The van der Waals surface area contributed by atoms with Gasteiger partial charge in [-0.1, -0.05) is 0 Å². The Balaban J connectivity index is 1.49. The Kier molecular flexibility index (Phi) is 6.45. The molecule has 0 fully saturated rings. The third-order valence-corrected chi connectivity index (χ3v) is 7.40. The zero-order chi connectivity index (χ0) is 27.1. The number of anilines is 2. The number of nitrogens with one attached hydrogen (secondary N) is 1. The molecule has 7 nitrogen and oxygen atoms in total. The molecule has 0 saturated heterocycles. The smallest absolute Gasteiger partial charge is 0.269 e. The lowest BCUT2D eigenvalue weighted by atomic mass is 10.1. The number of benzene rings is 3. The van der Waals surface area contributed by atoms with E-state index in [2.05, 4.69) is 5.32 Å². The van der Waals surface area contributed by atoms with Crippen LogP contribution < -0.4 is 10.2 Å². The van der Waals surface area contributed by atoms with Crippen LogP contribution in [0.3, 0.4) is 0 Å². The first-order chi connectivity index (χ1) is 18.1. The van der Waals surface area contributed by atoms with E-state index in [1.165, 1.54) is 54.3 Å². The Morgan fingerprint density at radius 1 is 1.00 bits per heavy atom. The first-order valence-electron chi connectivity index (χ1n) is 11.4. The minimum absolute atomic E-state index is 0.123. The molecule has 2 amide bonds. The molecule has 0 atom stereocenters. The fourth-order valence-corrected chi connectivity index (χ4v) is 5.49. The monoisotopic (exact) mass is 537 g/mol. The summed E-state index contributed by atoms with van der Waals surface area (Å²) < 4.78 is 42.0. The van der Waals surface area contributed by atoms with Gasteiger partial charge in [0, 0.05) is 40.7 Å². The molecule has 3 aromatic carbocycles. The maximum atomic E-state index is 14.3. The van der Waals surface area contributed by atoms with Gasteiger partial charge in [0.2, 0.25) is 0 Å². The lowest BCUT2D eigenvalue weighted by Crippen LogP contribution is -2.32. The van der Waals surface area contributed by atoms with E-state index in [0.29, 0.717) is 28.6 Å². The number of hydrogen-bond acceptors (Lipinski definition) is 5. The van der Waals surface area contributed by atoms with Crippen molar-refractivity contribution < 1.29 is 27.7 Å². The van der Waals surface area contributed by atoms with E-state index in [0.717, 1.165) is 23.0 Å². The van der Waals surface area contributed by atoms with Crippen LogP contribution in [0.25, 0.3) is 10.4 Å². The largest absolute Gasteiger partial charge is 0.319 e. The van der Waals surface area contributed by atoms with Crippen LogP contribution in [0.4, 0.5) is 30.2 Å². The van der Waals surface area contributed by atoms with Gasteiger partial charge >= 0.3 is 0 Å². The number of nitro benzene ring substituents is 1. The SMILES string of the molecule is Cc1cc(F)cc(F)c1NC(=O)c1cc2c(s1)-c1ccc(F)cc1N(C(=O)c1ccc([N+](=O)[O-])cc1)CC2. The molecule has 0 aliphatic carbocycles. The fraction of sp³-hybridized carbons (Fsp3) is 0.111. The number of fused-ring (bicyclic) bond motifs is 3. The Hall–Kier alpha value is -4.51. The highest BCUT2D eigenvalue weighted by molar-refractivity contribution is 7.17. The molecule has 0 bridgehead atoms. The molecule has 1 aromatic heterocycles. The predicted molar refractivity (Wildman–Crippen MR) is 137 cm³/mol. The third-order valence-electron chi connectivity index (χ3n) is 6.19. The number of aryl methyl sites for hydroxylation is 1. The van der Waals surface area contributed by atoms with E-state index in [9.17, 15) is 32.9 Å². The number of amides is 2. The zero-order valence-electron chi connectivity index (χ0n) is 19.8. The zero-order valence-corrected chi connectivity index (χ0v) is 20.6. The summed E-state index contributed by atoms with van der Waals surface area (Å²) in [5, 5.41) is 13.5. The van der Waals surface area contributed by atoms with Crippen molar-refractivity contribution in [3.63, 3.8) is 0 Å². The van der Waals surface area contributed by atoms with Crippen LogP contribution in [0.15, 0.2) is 60.7 Å². The number of thiophene rings is 1. The average molecular weight is 538 g/mol. The molecule has 0 spiro atoms. The maximum absolute atomic E-state index is 14.3. The minimum Gasteiger partial charge on any atom is -0.319 e. The minimum atomic E-state index is -0.893. The summed E-state index contributed by atoms with van der Waals surface area (Å²) in [7, 11) is 0. The van der Waals surface area contributed by atoms with Crippen LogP contribution in [0, 0.1) is 34.5 Å². The van der Waals surface area contributed by atoms with E-state index >= 15 is 0 Å². The lowest BCUT2D eigenvalue weighted by molar-refractivity contribution is -0.384. The van der Waals surface area contributed by atoms with Crippen molar-refractivity contribution in [1.82, 2.24) is 0 Å². The normalized spacial score (nSPS) is 12.4. The van der Waals surface area contributed by atoms with Crippen LogP contribution in [-0.4, -0.2) is 23.3 Å². The molecule has 2 heterocycles. The summed E-state index contributed by atoms with van der Waals surface area (Å²) in [6, 6.07) is 12.6. The number of nitro groups is 1. The second kappa shape index (κ2) is 9.75. The summed E-state index contributed by atoms with van der Waals surface area (Å²) in [6.07, 6.45) is 0.331. The number of hydrogen-bond donors (Lipinski definition) is 1. The first kappa shape index (κ1) is 25.2. The summed E-state index contributed by atoms with van der Waals surface area (Å²) in [5.74, 6) is -3.25. The van der Waals surface area contributed by atoms with Gasteiger partial charge < -0.3 is 10.2 Å². The lowest BCUT2D eigenvalue weighted by Gasteiger charge is -2.23. The van der Waals surface area contributed by atoms with Crippen molar-refractivity contribution in [2.45, 2.75) is 13.3 Å². The topological polar surface area (TPSA) is 92.6 Å².